The van der Waals surface area contributed by atoms with Gasteiger partial charge in [-0.1, -0.05) is 17.3 Å². The van der Waals surface area contributed by atoms with Crippen LogP contribution in [0.4, 0.5) is 4.39 Å². The number of ether oxygens (including phenoxy) is 1. The van der Waals surface area contributed by atoms with E-state index in [4.69, 9.17) is 9.26 Å². The highest BCUT2D eigenvalue weighted by molar-refractivity contribution is 5.89. The van der Waals surface area contributed by atoms with Crippen molar-refractivity contribution >= 4 is 5.97 Å². The van der Waals surface area contributed by atoms with Gasteiger partial charge in [-0.15, -0.1) is 0 Å². The van der Waals surface area contributed by atoms with Crippen LogP contribution in [-0.4, -0.2) is 17.7 Å². The van der Waals surface area contributed by atoms with E-state index in [1.807, 2.05) is 0 Å². The molecule has 2 aromatic rings. The summed E-state index contributed by atoms with van der Waals surface area (Å²) in [5.74, 6) is -0.236. The molecular weight excluding hydrogens is 249 g/mol. The number of carbonyl (C=O) groups excluding carboxylic acids is 1. The maximum Gasteiger partial charge on any atom is 0.360 e. The molecule has 0 fully saturated rings. The maximum atomic E-state index is 12.8. The molecule has 0 aliphatic rings. The molecule has 0 saturated carbocycles. The summed E-state index contributed by atoms with van der Waals surface area (Å²) in [5, 5.41) is 3.72. The first kappa shape index (κ1) is 13.3. The van der Waals surface area contributed by atoms with Crippen LogP contribution in [0.3, 0.4) is 0 Å². The molecule has 0 saturated heterocycles. The standard InChI is InChI=1S/C14H14FNO3/c1-3-18-14(17)13-12(9(2)19-16-13)8-10-4-6-11(15)7-5-10/h4-7H,3,8H2,1-2H3. The second kappa shape index (κ2) is 5.65. The molecule has 0 aliphatic carbocycles. The first-order valence-corrected chi connectivity index (χ1v) is 5.98. The van der Waals surface area contributed by atoms with Crippen molar-refractivity contribution in [2.45, 2.75) is 20.3 Å². The van der Waals surface area contributed by atoms with Crippen molar-refractivity contribution in [3.05, 3.63) is 52.7 Å². The molecule has 1 aromatic heterocycles. The van der Waals surface area contributed by atoms with Gasteiger partial charge in [-0.25, -0.2) is 9.18 Å². The Morgan fingerprint density at radius 2 is 2.05 bits per heavy atom. The Morgan fingerprint density at radius 3 is 2.68 bits per heavy atom. The molecule has 0 spiro atoms. The predicted octanol–water partition coefficient (Wildman–Crippen LogP) is 2.89. The van der Waals surface area contributed by atoms with Gasteiger partial charge >= 0.3 is 5.97 Å². The molecule has 1 aromatic carbocycles. The fraction of sp³-hybridized carbons (Fsp3) is 0.286. The number of aryl methyl sites for hydroxylation is 1. The third-order valence-corrected chi connectivity index (χ3v) is 2.75. The number of nitrogens with zero attached hydrogens (tertiary/aromatic N) is 1. The third-order valence-electron chi connectivity index (χ3n) is 2.75. The highest BCUT2D eigenvalue weighted by Gasteiger charge is 2.20. The molecule has 0 bridgehead atoms. The molecule has 0 amide bonds. The van der Waals surface area contributed by atoms with Crippen LogP contribution in [-0.2, 0) is 11.2 Å². The molecule has 100 valence electrons. The summed E-state index contributed by atoms with van der Waals surface area (Å²) in [7, 11) is 0. The average molecular weight is 263 g/mol. The number of hydrogen-bond acceptors (Lipinski definition) is 4. The minimum Gasteiger partial charge on any atom is -0.461 e. The zero-order valence-corrected chi connectivity index (χ0v) is 10.8. The molecule has 19 heavy (non-hydrogen) atoms. The van der Waals surface area contributed by atoms with Gasteiger partial charge in [0.25, 0.3) is 0 Å². The molecule has 0 atom stereocenters. The second-order valence-electron chi connectivity index (χ2n) is 4.09. The van der Waals surface area contributed by atoms with Crippen LogP contribution in [0.25, 0.3) is 0 Å². The van der Waals surface area contributed by atoms with Gasteiger partial charge in [-0.05, 0) is 31.5 Å². The minimum atomic E-state index is -0.503. The van der Waals surface area contributed by atoms with E-state index in [1.165, 1.54) is 12.1 Å². The number of carbonyl (C=O) groups is 1. The number of esters is 1. The van der Waals surface area contributed by atoms with E-state index in [0.717, 1.165) is 5.56 Å². The van der Waals surface area contributed by atoms with Crippen LogP contribution in [0, 0.1) is 12.7 Å². The molecule has 5 heteroatoms. The maximum absolute atomic E-state index is 12.8. The molecule has 1 heterocycles. The van der Waals surface area contributed by atoms with Crippen molar-refractivity contribution in [2.75, 3.05) is 6.61 Å². The molecule has 0 radical (unpaired) electrons. The molecule has 0 aliphatic heterocycles. The van der Waals surface area contributed by atoms with Crippen molar-refractivity contribution in [2.24, 2.45) is 0 Å². The van der Waals surface area contributed by atoms with Crippen LogP contribution in [0.1, 0.15) is 34.3 Å². The summed E-state index contributed by atoms with van der Waals surface area (Å²) in [6.45, 7) is 3.74. The molecular formula is C14H14FNO3. The van der Waals surface area contributed by atoms with Crippen molar-refractivity contribution in [1.29, 1.82) is 0 Å². The zero-order chi connectivity index (χ0) is 13.8. The third kappa shape index (κ3) is 2.99. The fourth-order valence-electron chi connectivity index (χ4n) is 1.77. The van der Waals surface area contributed by atoms with E-state index in [9.17, 15) is 9.18 Å². The Bertz CT molecular complexity index is 575. The van der Waals surface area contributed by atoms with Crippen LogP contribution in [0.5, 0.6) is 0 Å². The normalized spacial score (nSPS) is 10.5. The van der Waals surface area contributed by atoms with Gasteiger partial charge in [-0.2, -0.15) is 0 Å². The summed E-state index contributed by atoms with van der Waals surface area (Å²) in [6, 6.07) is 6.08. The monoisotopic (exact) mass is 263 g/mol. The Hall–Kier alpha value is -2.17. The van der Waals surface area contributed by atoms with Gasteiger partial charge in [0.15, 0.2) is 5.69 Å². The lowest BCUT2D eigenvalue weighted by molar-refractivity contribution is 0.0513. The van der Waals surface area contributed by atoms with Crippen molar-refractivity contribution in [3.63, 3.8) is 0 Å². The van der Waals surface area contributed by atoms with Crippen LogP contribution in [0.15, 0.2) is 28.8 Å². The van der Waals surface area contributed by atoms with E-state index in [0.29, 0.717) is 17.7 Å². The lowest BCUT2D eigenvalue weighted by Gasteiger charge is -2.03. The van der Waals surface area contributed by atoms with Gasteiger partial charge in [0.2, 0.25) is 0 Å². The van der Waals surface area contributed by atoms with Crippen LogP contribution in [0.2, 0.25) is 0 Å². The number of rotatable bonds is 4. The van der Waals surface area contributed by atoms with E-state index >= 15 is 0 Å². The van der Waals surface area contributed by atoms with Gasteiger partial charge in [-0.3, -0.25) is 0 Å². The summed E-state index contributed by atoms with van der Waals surface area (Å²) in [6.07, 6.45) is 0.448. The Kier molecular flexibility index (Phi) is 3.94. The Balaban J connectivity index is 2.26. The summed E-state index contributed by atoms with van der Waals surface area (Å²) < 4.78 is 22.8. The van der Waals surface area contributed by atoms with E-state index in [1.54, 1.807) is 26.0 Å². The molecule has 2 rings (SSSR count). The minimum absolute atomic E-state index is 0.184. The predicted molar refractivity (Wildman–Crippen MR) is 66.4 cm³/mol. The molecule has 0 unspecified atom stereocenters. The van der Waals surface area contributed by atoms with E-state index in [-0.39, 0.29) is 18.1 Å². The topological polar surface area (TPSA) is 52.3 Å². The first-order valence-electron chi connectivity index (χ1n) is 5.98. The lowest BCUT2D eigenvalue weighted by atomic mass is 10.0. The first-order chi connectivity index (χ1) is 9.11. The van der Waals surface area contributed by atoms with Gasteiger partial charge in [0.05, 0.1) is 6.61 Å². The van der Waals surface area contributed by atoms with Crippen LogP contribution >= 0.6 is 0 Å². The Morgan fingerprint density at radius 1 is 1.37 bits per heavy atom. The van der Waals surface area contributed by atoms with Crippen molar-refractivity contribution in [3.8, 4) is 0 Å². The lowest BCUT2D eigenvalue weighted by Crippen LogP contribution is -2.08. The molecule has 0 N–H and O–H groups in total. The zero-order valence-electron chi connectivity index (χ0n) is 10.8. The quantitative estimate of drug-likeness (QED) is 0.796. The SMILES string of the molecule is CCOC(=O)c1noc(C)c1Cc1ccc(F)cc1. The summed E-state index contributed by atoms with van der Waals surface area (Å²) in [5.41, 5.74) is 1.73. The van der Waals surface area contributed by atoms with E-state index in [2.05, 4.69) is 5.16 Å². The highest BCUT2D eigenvalue weighted by atomic mass is 19.1. The molecule has 4 nitrogen and oxygen atoms in total. The number of halogens is 1. The summed E-state index contributed by atoms with van der Waals surface area (Å²) >= 11 is 0. The Labute approximate surface area is 110 Å². The van der Waals surface area contributed by atoms with E-state index < -0.39 is 5.97 Å². The number of hydrogen-bond donors (Lipinski definition) is 0. The fourth-order valence-corrected chi connectivity index (χ4v) is 1.77. The number of benzene rings is 1. The van der Waals surface area contributed by atoms with Gasteiger partial charge in [0, 0.05) is 12.0 Å². The second-order valence-corrected chi connectivity index (χ2v) is 4.09. The van der Waals surface area contributed by atoms with Crippen molar-refractivity contribution in [1.82, 2.24) is 5.16 Å². The smallest absolute Gasteiger partial charge is 0.360 e. The van der Waals surface area contributed by atoms with Gasteiger partial charge < -0.3 is 9.26 Å². The summed E-state index contributed by atoms with van der Waals surface area (Å²) in [4.78, 5) is 11.7. The highest BCUT2D eigenvalue weighted by Crippen LogP contribution is 2.19. The van der Waals surface area contributed by atoms with Crippen LogP contribution < -0.4 is 0 Å². The van der Waals surface area contributed by atoms with Crippen molar-refractivity contribution < 1.29 is 18.4 Å². The number of aromatic nitrogens is 1. The van der Waals surface area contributed by atoms with Gasteiger partial charge in [0.1, 0.15) is 11.6 Å². The largest absolute Gasteiger partial charge is 0.461 e. The average Bonchev–Trinajstić information content (AvgIpc) is 2.74.